The fourth-order valence-electron chi connectivity index (χ4n) is 3.77. The van der Waals surface area contributed by atoms with E-state index >= 15 is 0 Å². The van der Waals surface area contributed by atoms with Gasteiger partial charge in [-0.2, -0.15) is 0 Å². The summed E-state index contributed by atoms with van der Waals surface area (Å²) in [7, 11) is -4.33. The number of nitrogens with one attached hydrogen (secondary N) is 1. The second-order valence-corrected chi connectivity index (χ2v) is 11.2. The highest BCUT2D eigenvalue weighted by Crippen LogP contribution is 2.27. The van der Waals surface area contributed by atoms with Crippen LogP contribution in [0.2, 0.25) is 5.02 Å². The first-order valence-electron chi connectivity index (χ1n) is 12.2. The molecule has 0 aliphatic carbocycles. The summed E-state index contributed by atoms with van der Waals surface area (Å²) in [6.45, 7) is 4.61. The van der Waals surface area contributed by atoms with E-state index in [-0.39, 0.29) is 23.2 Å². The van der Waals surface area contributed by atoms with Crippen molar-refractivity contribution in [1.29, 1.82) is 0 Å². The van der Waals surface area contributed by atoms with Gasteiger partial charge in [-0.15, -0.1) is 0 Å². The molecule has 0 heterocycles. The van der Waals surface area contributed by atoms with Gasteiger partial charge in [0.2, 0.25) is 11.8 Å². The van der Waals surface area contributed by atoms with Crippen LogP contribution in [0.5, 0.6) is 0 Å². The maximum absolute atomic E-state index is 14.9. The van der Waals surface area contributed by atoms with Gasteiger partial charge in [0, 0.05) is 17.6 Å². The van der Waals surface area contributed by atoms with Crippen molar-refractivity contribution in [3.63, 3.8) is 0 Å². The van der Waals surface area contributed by atoms with E-state index in [0.29, 0.717) is 17.0 Å². The first-order chi connectivity index (χ1) is 18.0. The van der Waals surface area contributed by atoms with E-state index in [2.05, 4.69) is 5.32 Å². The van der Waals surface area contributed by atoms with Gasteiger partial charge in [0.1, 0.15) is 18.4 Å². The number of carbonyl (C=O) groups excluding carboxylic acids is 2. The standard InChI is InChI=1S/C28H31ClFN3O4S/c1-4-20(2)31-28(35)21(3)32(18-22-11-10-12-23(29)17-22)27(34)19-33(26-16-9-8-15-25(26)30)38(36,37)24-13-6-5-7-14-24/h5-17,20-21H,4,18-19H2,1-3H3,(H,31,35)/t20-,21+/m0/s1. The summed E-state index contributed by atoms with van der Waals surface area (Å²) in [4.78, 5) is 28.0. The van der Waals surface area contributed by atoms with Gasteiger partial charge in [0.05, 0.1) is 10.6 Å². The second kappa shape index (κ2) is 12.9. The molecule has 0 aliphatic rings. The highest BCUT2D eigenvalue weighted by atomic mass is 35.5. The molecule has 2 amide bonds. The second-order valence-electron chi connectivity index (χ2n) is 8.92. The normalized spacial score (nSPS) is 12.9. The Kier molecular flexibility index (Phi) is 9.88. The summed E-state index contributed by atoms with van der Waals surface area (Å²) in [6, 6.07) is 18.6. The Bertz CT molecular complexity index is 1370. The number of hydrogen-bond donors (Lipinski definition) is 1. The molecule has 3 rings (SSSR count). The van der Waals surface area contributed by atoms with Gasteiger partial charge < -0.3 is 10.2 Å². The zero-order chi connectivity index (χ0) is 27.9. The number of halogens is 2. The summed E-state index contributed by atoms with van der Waals surface area (Å²) in [5.74, 6) is -1.87. The number of carbonyl (C=O) groups is 2. The van der Waals surface area contributed by atoms with E-state index in [0.717, 1.165) is 10.4 Å². The zero-order valence-electron chi connectivity index (χ0n) is 21.5. The predicted molar refractivity (Wildman–Crippen MR) is 147 cm³/mol. The van der Waals surface area contributed by atoms with Crippen LogP contribution < -0.4 is 9.62 Å². The predicted octanol–water partition coefficient (Wildman–Crippen LogP) is 5.01. The SMILES string of the molecule is CC[C@H](C)NC(=O)[C@@H](C)N(Cc1cccc(Cl)c1)C(=O)CN(c1ccccc1F)S(=O)(=O)c1ccccc1. The van der Waals surface area contributed by atoms with Crippen molar-refractivity contribution in [2.24, 2.45) is 0 Å². The molecular formula is C28H31ClFN3O4S. The molecule has 202 valence electrons. The van der Waals surface area contributed by atoms with Crippen molar-refractivity contribution >= 4 is 39.1 Å². The van der Waals surface area contributed by atoms with E-state index in [4.69, 9.17) is 11.6 Å². The Morgan fingerprint density at radius 2 is 1.63 bits per heavy atom. The molecule has 0 spiro atoms. The minimum absolute atomic E-state index is 0.00895. The molecule has 10 heteroatoms. The summed E-state index contributed by atoms with van der Waals surface area (Å²) < 4.78 is 42.9. The number of amides is 2. The van der Waals surface area contributed by atoms with Crippen molar-refractivity contribution in [3.8, 4) is 0 Å². The van der Waals surface area contributed by atoms with Crippen molar-refractivity contribution in [2.75, 3.05) is 10.8 Å². The van der Waals surface area contributed by atoms with Gasteiger partial charge in [-0.25, -0.2) is 12.8 Å². The number of rotatable bonds is 11. The van der Waals surface area contributed by atoms with Crippen LogP contribution in [0.1, 0.15) is 32.8 Å². The molecule has 38 heavy (non-hydrogen) atoms. The molecule has 0 saturated heterocycles. The van der Waals surface area contributed by atoms with E-state index in [1.54, 1.807) is 49.4 Å². The van der Waals surface area contributed by atoms with Crippen LogP contribution in [0.15, 0.2) is 83.8 Å². The zero-order valence-corrected chi connectivity index (χ0v) is 23.0. The lowest BCUT2D eigenvalue weighted by atomic mass is 10.1. The number of para-hydroxylation sites is 1. The number of hydrogen-bond acceptors (Lipinski definition) is 4. The lowest BCUT2D eigenvalue weighted by Gasteiger charge is -2.32. The van der Waals surface area contributed by atoms with Crippen molar-refractivity contribution in [1.82, 2.24) is 10.2 Å². The van der Waals surface area contributed by atoms with E-state index in [9.17, 15) is 22.4 Å². The fourth-order valence-corrected chi connectivity index (χ4v) is 5.42. The number of nitrogens with zero attached hydrogens (tertiary/aromatic N) is 2. The van der Waals surface area contributed by atoms with Gasteiger partial charge >= 0.3 is 0 Å². The summed E-state index contributed by atoms with van der Waals surface area (Å²) in [5, 5.41) is 3.31. The van der Waals surface area contributed by atoms with Crippen LogP contribution in [-0.2, 0) is 26.2 Å². The first kappa shape index (κ1) is 29.1. The summed E-state index contributed by atoms with van der Waals surface area (Å²) in [5.41, 5.74) is 0.376. The molecule has 0 unspecified atom stereocenters. The lowest BCUT2D eigenvalue weighted by Crippen LogP contribution is -2.52. The maximum atomic E-state index is 14.9. The monoisotopic (exact) mass is 559 g/mol. The Morgan fingerprint density at radius 3 is 2.26 bits per heavy atom. The van der Waals surface area contributed by atoms with E-state index in [1.165, 1.54) is 35.2 Å². The van der Waals surface area contributed by atoms with Crippen LogP contribution in [0.25, 0.3) is 0 Å². The molecule has 7 nitrogen and oxygen atoms in total. The van der Waals surface area contributed by atoms with Gasteiger partial charge in [-0.05, 0) is 62.2 Å². The topological polar surface area (TPSA) is 86.8 Å². The Hall–Kier alpha value is -3.43. The average molecular weight is 560 g/mol. The minimum atomic E-state index is -4.33. The third kappa shape index (κ3) is 7.11. The van der Waals surface area contributed by atoms with Gasteiger partial charge in [-0.3, -0.25) is 13.9 Å². The average Bonchev–Trinajstić information content (AvgIpc) is 2.90. The Labute approximate surface area is 228 Å². The Balaban J connectivity index is 2.03. The largest absolute Gasteiger partial charge is 0.352 e. The third-order valence-electron chi connectivity index (χ3n) is 6.14. The molecule has 0 fully saturated rings. The van der Waals surface area contributed by atoms with Crippen LogP contribution in [-0.4, -0.2) is 43.8 Å². The molecular weight excluding hydrogens is 529 g/mol. The lowest BCUT2D eigenvalue weighted by molar-refractivity contribution is -0.139. The van der Waals surface area contributed by atoms with Crippen LogP contribution in [0, 0.1) is 5.82 Å². The van der Waals surface area contributed by atoms with Crippen molar-refractivity contribution < 1.29 is 22.4 Å². The van der Waals surface area contributed by atoms with Crippen LogP contribution in [0.4, 0.5) is 10.1 Å². The quantitative estimate of drug-likeness (QED) is 0.358. The highest BCUT2D eigenvalue weighted by Gasteiger charge is 2.33. The fraction of sp³-hybridized carbons (Fsp3) is 0.286. The molecule has 0 aliphatic heterocycles. The number of benzene rings is 3. The molecule has 0 radical (unpaired) electrons. The van der Waals surface area contributed by atoms with Crippen molar-refractivity contribution in [3.05, 3.63) is 95.3 Å². The van der Waals surface area contributed by atoms with Gasteiger partial charge in [-0.1, -0.05) is 61.0 Å². The Morgan fingerprint density at radius 1 is 0.974 bits per heavy atom. The van der Waals surface area contributed by atoms with Gasteiger partial charge in [0.25, 0.3) is 10.0 Å². The maximum Gasteiger partial charge on any atom is 0.264 e. The van der Waals surface area contributed by atoms with E-state index < -0.39 is 40.2 Å². The smallest absolute Gasteiger partial charge is 0.264 e. The first-order valence-corrected chi connectivity index (χ1v) is 14.0. The minimum Gasteiger partial charge on any atom is -0.352 e. The molecule has 0 saturated carbocycles. The molecule has 0 bridgehead atoms. The summed E-state index contributed by atoms with van der Waals surface area (Å²) >= 11 is 6.14. The molecule has 1 N–H and O–H groups in total. The van der Waals surface area contributed by atoms with Crippen LogP contribution in [0.3, 0.4) is 0 Å². The number of anilines is 1. The third-order valence-corrected chi connectivity index (χ3v) is 8.15. The number of sulfonamides is 1. The molecule has 3 aromatic rings. The molecule has 0 aromatic heterocycles. The molecule has 2 atom stereocenters. The van der Waals surface area contributed by atoms with Crippen molar-refractivity contribution in [2.45, 2.75) is 50.7 Å². The summed E-state index contributed by atoms with van der Waals surface area (Å²) in [6.07, 6.45) is 0.692. The highest BCUT2D eigenvalue weighted by molar-refractivity contribution is 7.92. The molecule has 3 aromatic carbocycles. The van der Waals surface area contributed by atoms with Crippen LogP contribution >= 0.6 is 11.6 Å². The van der Waals surface area contributed by atoms with Gasteiger partial charge in [0.15, 0.2) is 0 Å². The van der Waals surface area contributed by atoms with E-state index in [1.807, 2.05) is 13.8 Å².